The van der Waals surface area contributed by atoms with Gasteiger partial charge in [0.1, 0.15) is 0 Å². The molecule has 0 fully saturated rings. The lowest BCUT2D eigenvalue weighted by molar-refractivity contribution is 0.444. The zero-order chi connectivity index (χ0) is 8.91. The van der Waals surface area contributed by atoms with Crippen LogP contribution in [0, 0.1) is 0 Å². The van der Waals surface area contributed by atoms with Crippen LogP contribution < -0.4 is 11.1 Å². The molecular weight excluding hydrogens is 136 g/mol. The lowest BCUT2D eigenvalue weighted by Gasteiger charge is -2.26. The van der Waals surface area contributed by atoms with Gasteiger partial charge in [0.15, 0.2) is 0 Å². The molecule has 0 atom stereocenters. The van der Waals surface area contributed by atoms with Gasteiger partial charge in [0.25, 0.3) is 0 Å². The molecule has 0 radical (unpaired) electrons. The van der Waals surface area contributed by atoms with Crippen LogP contribution in [0.25, 0.3) is 0 Å². The maximum atomic E-state index is 5.54. The molecule has 0 saturated heterocycles. The third kappa shape index (κ3) is 3.83. The summed E-state index contributed by atoms with van der Waals surface area (Å²) in [6.45, 7) is 10.4. The third-order valence-electron chi connectivity index (χ3n) is 1.52. The molecule has 0 rings (SSSR count). The second-order valence-corrected chi connectivity index (χ2v) is 3.16. The van der Waals surface area contributed by atoms with Crippen molar-refractivity contribution in [3.63, 3.8) is 0 Å². The SMILES string of the molecule is C=C/C(=C\C)NC(C)(C)CN. The molecule has 2 heteroatoms. The monoisotopic (exact) mass is 154 g/mol. The fourth-order valence-corrected chi connectivity index (χ4v) is 0.683. The molecule has 3 N–H and O–H groups in total. The van der Waals surface area contributed by atoms with Crippen molar-refractivity contribution in [2.45, 2.75) is 26.3 Å². The van der Waals surface area contributed by atoms with Crippen molar-refractivity contribution in [1.29, 1.82) is 0 Å². The van der Waals surface area contributed by atoms with E-state index in [0.717, 1.165) is 5.70 Å². The molecule has 0 aliphatic heterocycles. The van der Waals surface area contributed by atoms with E-state index in [1.807, 2.05) is 13.0 Å². The normalized spacial score (nSPS) is 12.9. The predicted octanol–water partition coefficient (Wildman–Crippen LogP) is 1.40. The average Bonchev–Trinajstić information content (AvgIpc) is 2.00. The molecule has 11 heavy (non-hydrogen) atoms. The zero-order valence-electron chi connectivity index (χ0n) is 7.65. The first kappa shape index (κ1) is 10.2. The van der Waals surface area contributed by atoms with Gasteiger partial charge in [0, 0.05) is 17.8 Å². The van der Waals surface area contributed by atoms with Crippen molar-refractivity contribution in [3.8, 4) is 0 Å². The summed E-state index contributed by atoms with van der Waals surface area (Å²) in [5.41, 5.74) is 6.52. The van der Waals surface area contributed by atoms with Gasteiger partial charge in [-0.15, -0.1) is 0 Å². The van der Waals surface area contributed by atoms with Gasteiger partial charge in [0.05, 0.1) is 0 Å². The Morgan fingerprint density at radius 3 is 2.45 bits per heavy atom. The van der Waals surface area contributed by atoms with Crippen LogP contribution in [0.1, 0.15) is 20.8 Å². The minimum Gasteiger partial charge on any atom is -0.379 e. The van der Waals surface area contributed by atoms with Crippen molar-refractivity contribution in [2.24, 2.45) is 5.73 Å². The molecule has 2 nitrogen and oxygen atoms in total. The number of allylic oxidation sites excluding steroid dienone is 2. The Morgan fingerprint density at radius 2 is 2.18 bits per heavy atom. The highest BCUT2D eigenvalue weighted by Gasteiger charge is 2.13. The fourth-order valence-electron chi connectivity index (χ4n) is 0.683. The Morgan fingerprint density at radius 1 is 1.64 bits per heavy atom. The van der Waals surface area contributed by atoms with Crippen LogP contribution in [-0.4, -0.2) is 12.1 Å². The van der Waals surface area contributed by atoms with Gasteiger partial charge in [0.2, 0.25) is 0 Å². The van der Waals surface area contributed by atoms with Crippen LogP contribution in [0.2, 0.25) is 0 Å². The van der Waals surface area contributed by atoms with E-state index in [1.54, 1.807) is 6.08 Å². The highest BCUT2D eigenvalue weighted by atomic mass is 15.0. The summed E-state index contributed by atoms with van der Waals surface area (Å²) in [7, 11) is 0. The summed E-state index contributed by atoms with van der Waals surface area (Å²) in [4.78, 5) is 0. The van der Waals surface area contributed by atoms with Crippen LogP contribution in [0.15, 0.2) is 24.4 Å². The number of hydrogen-bond donors (Lipinski definition) is 2. The average molecular weight is 154 g/mol. The van der Waals surface area contributed by atoms with E-state index in [2.05, 4.69) is 25.7 Å². The molecule has 0 amide bonds. The molecular formula is C9H18N2. The second kappa shape index (κ2) is 4.19. The fraction of sp³-hybridized carbons (Fsp3) is 0.556. The van der Waals surface area contributed by atoms with Crippen molar-refractivity contribution < 1.29 is 0 Å². The summed E-state index contributed by atoms with van der Waals surface area (Å²) in [5.74, 6) is 0. The summed E-state index contributed by atoms with van der Waals surface area (Å²) >= 11 is 0. The van der Waals surface area contributed by atoms with Gasteiger partial charge in [-0.2, -0.15) is 0 Å². The van der Waals surface area contributed by atoms with Crippen LogP contribution >= 0.6 is 0 Å². The van der Waals surface area contributed by atoms with E-state index in [1.165, 1.54) is 0 Å². The number of nitrogens with two attached hydrogens (primary N) is 1. The number of hydrogen-bond acceptors (Lipinski definition) is 2. The Hall–Kier alpha value is -0.760. The highest BCUT2D eigenvalue weighted by Crippen LogP contribution is 2.03. The van der Waals surface area contributed by atoms with Gasteiger partial charge in [-0.3, -0.25) is 0 Å². The summed E-state index contributed by atoms with van der Waals surface area (Å²) in [6.07, 6.45) is 3.77. The van der Waals surface area contributed by atoms with E-state index >= 15 is 0 Å². The van der Waals surface area contributed by atoms with E-state index < -0.39 is 0 Å². The quantitative estimate of drug-likeness (QED) is 0.601. The van der Waals surface area contributed by atoms with Crippen LogP contribution in [0.3, 0.4) is 0 Å². The summed E-state index contributed by atoms with van der Waals surface area (Å²) < 4.78 is 0. The maximum absolute atomic E-state index is 5.54. The van der Waals surface area contributed by atoms with Crippen molar-refractivity contribution in [1.82, 2.24) is 5.32 Å². The first-order valence-corrected chi connectivity index (χ1v) is 3.82. The van der Waals surface area contributed by atoms with Crippen LogP contribution in [0.4, 0.5) is 0 Å². The van der Waals surface area contributed by atoms with Gasteiger partial charge in [-0.05, 0) is 26.8 Å². The van der Waals surface area contributed by atoms with Crippen molar-refractivity contribution >= 4 is 0 Å². The van der Waals surface area contributed by atoms with Crippen LogP contribution in [-0.2, 0) is 0 Å². The molecule has 0 bridgehead atoms. The molecule has 0 heterocycles. The van der Waals surface area contributed by atoms with Crippen LogP contribution in [0.5, 0.6) is 0 Å². The Kier molecular flexibility index (Phi) is 3.90. The predicted molar refractivity (Wildman–Crippen MR) is 50.2 cm³/mol. The topological polar surface area (TPSA) is 38.0 Å². The Bertz CT molecular complexity index is 157. The molecule has 0 aromatic carbocycles. The summed E-state index contributed by atoms with van der Waals surface area (Å²) in [5, 5.41) is 3.26. The largest absolute Gasteiger partial charge is 0.379 e. The molecule has 0 aliphatic carbocycles. The Balaban J connectivity index is 4.11. The zero-order valence-corrected chi connectivity index (χ0v) is 7.65. The number of rotatable bonds is 4. The molecule has 0 saturated carbocycles. The highest BCUT2D eigenvalue weighted by molar-refractivity contribution is 5.15. The van der Waals surface area contributed by atoms with Gasteiger partial charge in [-0.1, -0.05) is 12.7 Å². The number of nitrogens with one attached hydrogen (secondary N) is 1. The van der Waals surface area contributed by atoms with Crippen molar-refractivity contribution in [3.05, 3.63) is 24.4 Å². The van der Waals surface area contributed by atoms with E-state index in [-0.39, 0.29) is 5.54 Å². The molecule has 0 unspecified atom stereocenters. The second-order valence-electron chi connectivity index (χ2n) is 3.16. The van der Waals surface area contributed by atoms with Gasteiger partial charge < -0.3 is 11.1 Å². The first-order chi connectivity index (χ1) is 5.05. The minimum absolute atomic E-state index is 0.0456. The van der Waals surface area contributed by atoms with E-state index in [4.69, 9.17) is 5.73 Å². The van der Waals surface area contributed by atoms with Gasteiger partial charge in [-0.25, -0.2) is 0 Å². The van der Waals surface area contributed by atoms with E-state index in [0.29, 0.717) is 6.54 Å². The lowest BCUT2D eigenvalue weighted by atomic mass is 10.1. The maximum Gasteiger partial charge on any atom is 0.0439 e. The first-order valence-electron chi connectivity index (χ1n) is 3.82. The smallest absolute Gasteiger partial charge is 0.0439 e. The minimum atomic E-state index is -0.0456. The Labute approximate surface area is 69.2 Å². The van der Waals surface area contributed by atoms with Crippen molar-refractivity contribution in [2.75, 3.05) is 6.54 Å². The molecule has 0 aromatic rings. The summed E-state index contributed by atoms with van der Waals surface area (Å²) in [6, 6.07) is 0. The molecule has 0 spiro atoms. The molecule has 64 valence electrons. The van der Waals surface area contributed by atoms with E-state index in [9.17, 15) is 0 Å². The lowest BCUT2D eigenvalue weighted by Crippen LogP contribution is -2.44. The third-order valence-corrected chi connectivity index (χ3v) is 1.52. The molecule has 0 aliphatic rings. The standard InChI is InChI=1S/C9H18N2/c1-5-8(6-2)11-9(3,4)7-10/h5-6,11H,1,7,10H2,2-4H3/b8-6+. The molecule has 0 aromatic heterocycles. The van der Waals surface area contributed by atoms with Gasteiger partial charge >= 0.3 is 0 Å².